The second-order valence-electron chi connectivity index (χ2n) is 8.05. The minimum atomic E-state index is -0.650. The van der Waals surface area contributed by atoms with Gasteiger partial charge in [-0.25, -0.2) is 0 Å². The summed E-state index contributed by atoms with van der Waals surface area (Å²) in [6.07, 6.45) is 1.61. The van der Waals surface area contributed by atoms with Crippen molar-refractivity contribution in [3.05, 3.63) is 126 Å². The highest BCUT2D eigenvalue weighted by atomic mass is 79.9. The molecule has 0 aliphatic heterocycles. The van der Waals surface area contributed by atoms with E-state index >= 15 is 0 Å². The summed E-state index contributed by atoms with van der Waals surface area (Å²) in [5, 5.41) is 13.1. The number of anilines is 1. The molecule has 38 heavy (non-hydrogen) atoms. The van der Waals surface area contributed by atoms with E-state index in [1.807, 2.05) is 42.5 Å². The number of carbonyl (C=O) groups excluding carboxylic acids is 1. The fourth-order valence-corrected chi connectivity index (χ4v) is 5.28. The SMILES string of the molecule is N#CC(C(=O)Nc1cccc(Cl)c1)=c1sc(=Cc2ccc(-c3ccc(Br)cc3)o2)c(=O)n1-c1ccccc1. The van der Waals surface area contributed by atoms with Crippen molar-refractivity contribution in [2.24, 2.45) is 0 Å². The second kappa shape index (κ2) is 11.1. The predicted octanol–water partition coefficient (Wildman–Crippen LogP) is 5.72. The van der Waals surface area contributed by atoms with Crippen LogP contribution in [0.25, 0.3) is 28.7 Å². The Morgan fingerprint density at radius 2 is 1.79 bits per heavy atom. The highest BCUT2D eigenvalue weighted by Gasteiger charge is 2.17. The lowest BCUT2D eigenvalue weighted by Gasteiger charge is -2.06. The van der Waals surface area contributed by atoms with Gasteiger partial charge < -0.3 is 9.73 Å². The second-order valence-corrected chi connectivity index (χ2v) is 10.4. The molecule has 0 fully saturated rings. The number of rotatable bonds is 5. The summed E-state index contributed by atoms with van der Waals surface area (Å²) in [5.74, 6) is 0.465. The number of carbonyl (C=O) groups is 1. The number of furan rings is 1. The van der Waals surface area contributed by atoms with Crippen molar-refractivity contribution < 1.29 is 9.21 Å². The van der Waals surface area contributed by atoms with E-state index in [1.54, 1.807) is 60.7 Å². The number of nitrogens with one attached hydrogen (secondary N) is 1. The molecule has 2 aromatic heterocycles. The normalized spacial score (nSPS) is 12.2. The Morgan fingerprint density at radius 3 is 2.50 bits per heavy atom. The average Bonchev–Trinajstić information content (AvgIpc) is 3.50. The molecule has 0 aliphatic rings. The molecule has 0 bridgehead atoms. The largest absolute Gasteiger partial charge is 0.457 e. The Labute approximate surface area is 234 Å². The summed E-state index contributed by atoms with van der Waals surface area (Å²) in [7, 11) is 0. The van der Waals surface area contributed by atoms with Crippen LogP contribution >= 0.6 is 38.9 Å². The zero-order chi connectivity index (χ0) is 26.6. The summed E-state index contributed by atoms with van der Waals surface area (Å²) < 4.78 is 8.80. The molecule has 2 heterocycles. The van der Waals surface area contributed by atoms with Crippen LogP contribution in [-0.2, 0) is 4.79 Å². The highest BCUT2D eigenvalue weighted by molar-refractivity contribution is 9.10. The fraction of sp³-hybridized carbons (Fsp3) is 0. The van der Waals surface area contributed by atoms with Gasteiger partial charge in [0.1, 0.15) is 22.3 Å². The molecule has 0 saturated heterocycles. The van der Waals surface area contributed by atoms with E-state index in [-0.39, 0.29) is 15.8 Å². The Balaban J connectivity index is 1.65. The van der Waals surface area contributed by atoms with Crippen LogP contribution in [-0.4, -0.2) is 10.5 Å². The summed E-state index contributed by atoms with van der Waals surface area (Å²) in [4.78, 5) is 26.7. The molecule has 3 aromatic carbocycles. The third-order valence-corrected chi connectivity index (χ3v) is 7.36. The van der Waals surface area contributed by atoms with E-state index in [4.69, 9.17) is 16.0 Å². The summed E-state index contributed by atoms with van der Waals surface area (Å²) in [6.45, 7) is 0. The number of halogens is 2. The van der Waals surface area contributed by atoms with Gasteiger partial charge in [0.25, 0.3) is 11.5 Å². The molecule has 0 aliphatic carbocycles. The number of para-hydroxylation sites is 1. The minimum absolute atomic E-state index is 0.203. The fourth-order valence-electron chi connectivity index (χ4n) is 3.75. The van der Waals surface area contributed by atoms with Crippen LogP contribution in [0.15, 0.2) is 105 Å². The van der Waals surface area contributed by atoms with E-state index in [9.17, 15) is 14.9 Å². The summed E-state index contributed by atoms with van der Waals surface area (Å²) in [5.41, 5.74) is 1.27. The number of nitriles is 1. The standard InChI is InChI=1S/C29H17BrClN3O3S/c30-19-11-9-18(10-12-19)25-14-13-23(37-25)16-26-28(36)34(22-7-2-1-3-8-22)29(38-26)24(17-32)27(35)33-21-6-4-5-20(31)15-21/h1-16H,(H,33,35). The van der Waals surface area contributed by atoms with Crippen molar-refractivity contribution in [1.82, 2.24) is 4.57 Å². The van der Waals surface area contributed by atoms with Crippen LogP contribution in [0.1, 0.15) is 5.76 Å². The predicted molar refractivity (Wildman–Crippen MR) is 154 cm³/mol. The van der Waals surface area contributed by atoms with E-state index in [2.05, 4.69) is 21.2 Å². The van der Waals surface area contributed by atoms with Crippen LogP contribution in [0, 0.1) is 11.3 Å². The number of nitrogens with zero attached hydrogens (tertiary/aromatic N) is 2. The van der Waals surface area contributed by atoms with E-state index in [0.29, 0.717) is 32.5 Å². The molecule has 0 spiro atoms. The van der Waals surface area contributed by atoms with Crippen molar-refractivity contribution in [3.63, 3.8) is 0 Å². The third kappa shape index (κ3) is 5.41. The first-order chi connectivity index (χ1) is 18.4. The molecule has 9 heteroatoms. The van der Waals surface area contributed by atoms with Gasteiger partial charge in [0, 0.05) is 26.8 Å². The number of thiazole rings is 1. The topological polar surface area (TPSA) is 88.0 Å². The van der Waals surface area contributed by atoms with E-state index < -0.39 is 5.91 Å². The summed E-state index contributed by atoms with van der Waals surface area (Å²) >= 11 is 10.5. The number of aromatic nitrogens is 1. The molecule has 5 aromatic rings. The number of amides is 1. The zero-order valence-electron chi connectivity index (χ0n) is 19.5. The smallest absolute Gasteiger partial charge is 0.273 e. The molecule has 1 N–H and O–H groups in total. The summed E-state index contributed by atoms with van der Waals surface area (Å²) in [6, 6.07) is 28.7. The molecule has 0 atom stereocenters. The van der Waals surface area contributed by atoms with Gasteiger partial charge in [0.05, 0.1) is 10.2 Å². The van der Waals surface area contributed by atoms with Crippen molar-refractivity contribution in [3.8, 4) is 23.1 Å². The van der Waals surface area contributed by atoms with Gasteiger partial charge in [0.2, 0.25) is 0 Å². The maximum absolute atomic E-state index is 13.6. The number of benzene rings is 3. The van der Waals surface area contributed by atoms with Gasteiger partial charge in [-0.05, 0) is 54.6 Å². The molecule has 0 radical (unpaired) electrons. The third-order valence-electron chi connectivity index (χ3n) is 5.50. The van der Waals surface area contributed by atoms with Crippen molar-refractivity contribution >= 4 is 62.1 Å². The first-order valence-corrected chi connectivity index (χ1v) is 13.3. The lowest BCUT2D eigenvalue weighted by atomic mass is 10.2. The van der Waals surface area contributed by atoms with Gasteiger partial charge in [-0.1, -0.05) is 63.9 Å². The highest BCUT2D eigenvalue weighted by Crippen LogP contribution is 2.24. The number of hydrogen-bond donors (Lipinski definition) is 1. The van der Waals surface area contributed by atoms with Crippen LogP contribution in [0.5, 0.6) is 0 Å². The average molecular weight is 603 g/mol. The Hall–Kier alpha value is -4.16. The molecule has 0 saturated carbocycles. The number of hydrogen-bond acceptors (Lipinski definition) is 5. The molecule has 1 amide bonds. The minimum Gasteiger partial charge on any atom is -0.457 e. The Bertz CT molecular complexity index is 1870. The van der Waals surface area contributed by atoms with Crippen LogP contribution < -0.4 is 20.1 Å². The molecule has 6 nitrogen and oxygen atoms in total. The van der Waals surface area contributed by atoms with E-state index in [1.165, 1.54) is 4.57 Å². The van der Waals surface area contributed by atoms with Crippen LogP contribution in [0.3, 0.4) is 0 Å². The first-order valence-electron chi connectivity index (χ1n) is 11.3. The van der Waals surface area contributed by atoms with Crippen molar-refractivity contribution in [2.75, 3.05) is 5.32 Å². The van der Waals surface area contributed by atoms with Crippen molar-refractivity contribution in [1.29, 1.82) is 5.26 Å². The Morgan fingerprint density at radius 1 is 1.03 bits per heavy atom. The van der Waals surface area contributed by atoms with Crippen LogP contribution in [0.2, 0.25) is 5.02 Å². The van der Waals surface area contributed by atoms with Crippen molar-refractivity contribution in [2.45, 2.75) is 0 Å². The van der Waals surface area contributed by atoms with Gasteiger partial charge in [-0.2, -0.15) is 5.26 Å². The van der Waals surface area contributed by atoms with E-state index in [0.717, 1.165) is 21.4 Å². The van der Waals surface area contributed by atoms with Gasteiger partial charge >= 0.3 is 0 Å². The molecular weight excluding hydrogens is 586 g/mol. The lowest BCUT2D eigenvalue weighted by Crippen LogP contribution is -2.32. The van der Waals surface area contributed by atoms with Gasteiger partial charge in [-0.15, -0.1) is 11.3 Å². The zero-order valence-corrected chi connectivity index (χ0v) is 22.7. The molecule has 5 rings (SSSR count). The lowest BCUT2D eigenvalue weighted by molar-refractivity contribution is -0.111. The maximum atomic E-state index is 13.6. The van der Waals surface area contributed by atoms with Gasteiger partial charge in [0.15, 0.2) is 5.57 Å². The van der Waals surface area contributed by atoms with Crippen LogP contribution in [0.4, 0.5) is 5.69 Å². The maximum Gasteiger partial charge on any atom is 0.273 e. The monoisotopic (exact) mass is 601 g/mol. The molecular formula is C29H17BrClN3O3S. The molecule has 186 valence electrons. The first kappa shape index (κ1) is 25.5. The van der Waals surface area contributed by atoms with Gasteiger partial charge in [-0.3, -0.25) is 14.2 Å². The Kier molecular flexibility index (Phi) is 7.43. The molecule has 0 unspecified atom stereocenters. The quantitative estimate of drug-likeness (QED) is 0.279.